The van der Waals surface area contributed by atoms with Gasteiger partial charge >= 0.3 is 6.09 Å². The van der Waals surface area contributed by atoms with Crippen LogP contribution in [0.1, 0.15) is 92.2 Å². The maximum Gasteiger partial charge on any atom is 0.407 e. The summed E-state index contributed by atoms with van der Waals surface area (Å²) in [7, 11) is 1.21. The van der Waals surface area contributed by atoms with Gasteiger partial charge in [-0.3, -0.25) is 14.4 Å². The molecular weight excluding hydrogens is 705 g/mol. The lowest BCUT2D eigenvalue weighted by atomic mass is 10.0. The highest BCUT2D eigenvalue weighted by Crippen LogP contribution is 2.39. The molecule has 0 radical (unpaired) electrons. The molecule has 2 aliphatic heterocycles. The number of hydrogen-bond donors (Lipinski definition) is 4. The molecule has 54 heavy (non-hydrogen) atoms. The molecule has 7 rings (SSSR count). The summed E-state index contributed by atoms with van der Waals surface area (Å²) in [6.45, 7) is 8.19. The van der Waals surface area contributed by atoms with E-state index in [0.29, 0.717) is 43.7 Å². The molecule has 4 amide bonds. The number of nitrogens with one attached hydrogen (secondary N) is 4. The number of carbonyl (C=O) groups excluding carboxylic acids is 4. The largest absolute Gasteiger partial charge is 0.453 e. The molecule has 13 nitrogen and oxygen atoms in total. The van der Waals surface area contributed by atoms with Crippen LogP contribution in [0.25, 0.3) is 42.8 Å². The third-order valence-electron chi connectivity index (χ3n) is 9.96. The van der Waals surface area contributed by atoms with E-state index in [1.807, 2.05) is 44.2 Å². The molecule has 4 atom stereocenters. The Kier molecular flexibility index (Phi) is 8.51. The first kappa shape index (κ1) is 30.1. The smallest absolute Gasteiger partial charge is 0.407 e. The Balaban J connectivity index is 1.17. The number of hydrogen-bond acceptors (Lipinski definition) is 8. The van der Waals surface area contributed by atoms with Gasteiger partial charge in [0.2, 0.25) is 17.7 Å². The molecule has 0 saturated carbocycles. The van der Waals surface area contributed by atoms with Crippen LogP contribution in [0, 0.1) is 11.8 Å². The minimum atomic E-state index is -1.69. The summed E-state index contributed by atoms with van der Waals surface area (Å²) in [5.41, 5.74) is 2.46. The number of aromatic nitrogens is 4. The molecule has 3 aromatic heterocycles. The molecule has 2 unspecified atom stereocenters. The molecular formula is C40H48N8O5S. The highest BCUT2D eigenvalue weighted by Gasteiger charge is 2.39. The predicted molar refractivity (Wildman–Crippen MR) is 208 cm³/mol. The minimum Gasteiger partial charge on any atom is -0.453 e. The van der Waals surface area contributed by atoms with Crippen LogP contribution in [0.5, 0.6) is 0 Å². The summed E-state index contributed by atoms with van der Waals surface area (Å²) in [6.07, 6.45) is -2.61. The number of ether oxygens (including phenoxy) is 1. The van der Waals surface area contributed by atoms with Gasteiger partial charge in [0.25, 0.3) is 0 Å². The molecule has 284 valence electrons. The molecule has 2 aromatic carbocycles. The van der Waals surface area contributed by atoms with E-state index in [4.69, 9.17) is 17.9 Å². The van der Waals surface area contributed by atoms with Gasteiger partial charge in [0, 0.05) is 35.8 Å². The van der Waals surface area contributed by atoms with Crippen molar-refractivity contribution in [2.45, 2.75) is 84.4 Å². The Morgan fingerprint density at radius 1 is 0.907 bits per heavy atom. The van der Waals surface area contributed by atoms with Gasteiger partial charge in [0.1, 0.15) is 23.7 Å². The van der Waals surface area contributed by atoms with Crippen molar-refractivity contribution in [1.82, 2.24) is 40.4 Å². The second kappa shape index (κ2) is 15.2. The maximum atomic E-state index is 13.8. The molecule has 4 N–H and O–H groups in total. The van der Waals surface area contributed by atoms with Crippen molar-refractivity contribution in [3.8, 4) is 21.0 Å². The first-order valence-electron chi connectivity index (χ1n) is 21.0. The number of imidazole rings is 2. The topological polar surface area (TPSA) is 165 Å². The summed E-state index contributed by atoms with van der Waals surface area (Å²) in [5.74, 6) is -0.964. The second-order valence-corrected chi connectivity index (χ2v) is 15.4. The number of rotatable bonds is 10. The number of carbonyl (C=O) groups is 4. The van der Waals surface area contributed by atoms with Crippen LogP contribution in [0.15, 0.2) is 48.6 Å². The van der Waals surface area contributed by atoms with Crippen molar-refractivity contribution in [1.29, 1.82) is 0 Å². The third kappa shape index (κ3) is 7.18. The molecule has 2 aliphatic rings. The summed E-state index contributed by atoms with van der Waals surface area (Å²) in [4.78, 5) is 71.3. The third-order valence-corrected chi connectivity index (χ3v) is 11.0. The second-order valence-electron chi connectivity index (χ2n) is 14.4. The number of aromatic amines is 2. The standard InChI is InChI=1S/C40H48N8O5S/c1-21(2)33(42-23(5)49)38(50)47-17-7-9-29(47)36-41-20-28(44-36)32-16-15-31(54-32)25-11-13-26-24(19-25)12-14-27-35(26)45-37(43-27)30-10-8-18-48(30)39(51)34(22(3)4)46-40(52)53-6/h11-16,19-22,29-30,33-34H,7-10,17-18H2,1-6H3,(H,41,44)(H,42,49)(H,43,45)(H,46,52)/t29-,30-,33?,34?/m0/s1/i7D2,8D2,15D,16D. The van der Waals surface area contributed by atoms with Gasteiger partial charge in [0.05, 0.1) is 49.7 Å². The number of methoxy groups -OCH3 is 1. The Labute approximate surface area is 326 Å². The number of amides is 4. The summed E-state index contributed by atoms with van der Waals surface area (Å²) in [6, 6.07) is 6.15. The van der Waals surface area contributed by atoms with Crippen LogP contribution < -0.4 is 10.6 Å². The van der Waals surface area contributed by atoms with E-state index in [1.165, 1.54) is 41.4 Å². The van der Waals surface area contributed by atoms with Crippen molar-refractivity contribution in [3.05, 3.63) is 60.3 Å². The number of benzene rings is 2. The van der Waals surface area contributed by atoms with Gasteiger partial charge in [-0.25, -0.2) is 14.8 Å². The van der Waals surface area contributed by atoms with E-state index >= 15 is 0 Å². The molecule has 5 aromatic rings. The summed E-state index contributed by atoms with van der Waals surface area (Å²) >= 11 is 1.24. The maximum absolute atomic E-state index is 13.8. The highest BCUT2D eigenvalue weighted by molar-refractivity contribution is 7.18. The Morgan fingerprint density at radius 2 is 1.56 bits per heavy atom. The fourth-order valence-electron chi connectivity index (χ4n) is 7.09. The molecule has 2 saturated heterocycles. The van der Waals surface area contributed by atoms with E-state index in [0.717, 1.165) is 10.8 Å². The van der Waals surface area contributed by atoms with E-state index < -0.39 is 54.8 Å². The van der Waals surface area contributed by atoms with Crippen LogP contribution in [-0.4, -0.2) is 85.8 Å². The van der Waals surface area contributed by atoms with Gasteiger partial charge < -0.3 is 35.1 Å². The summed E-state index contributed by atoms with van der Waals surface area (Å²) < 4.78 is 56.6. The van der Waals surface area contributed by atoms with Crippen molar-refractivity contribution < 1.29 is 32.1 Å². The molecule has 0 aliphatic carbocycles. The zero-order chi connectivity index (χ0) is 43.6. The molecule has 0 bridgehead atoms. The fraction of sp³-hybridized carbons (Fsp3) is 0.450. The van der Waals surface area contributed by atoms with E-state index in [-0.39, 0.29) is 55.8 Å². The molecule has 5 heterocycles. The minimum absolute atomic E-state index is 0.00737. The van der Waals surface area contributed by atoms with Crippen molar-refractivity contribution in [2.24, 2.45) is 11.8 Å². The highest BCUT2D eigenvalue weighted by atomic mass is 32.1. The predicted octanol–water partition coefficient (Wildman–Crippen LogP) is 6.70. The lowest BCUT2D eigenvalue weighted by molar-refractivity contribution is -0.138. The lowest BCUT2D eigenvalue weighted by Crippen LogP contribution is -2.51. The normalized spacial score (nSPS) is 22.0. The van der Waals surface area contributed by atoms with E-state index in [9.17, 15) is 19.2 Å². The average Bonchev–Trinajstić information content (AvgIpc) is 4.01. The average molecular weight is 759 g/mol. The van der Waals surface area contributed by atoms with Crippen LogP contribution in [0.3, 0.4) is 0 Å². The van der Waals surface area contributed by atoms with Crippen LogP contribution in [0.2, 0.25) is 0 Å². The van der Waals surface area contributed by atoms with Crippen molar-refractivity contribution >= 4 is 57.0 Å². The first-order valence-corrected chi connectivity index (χ1v) is 18.8. The Hall–Kier alpha value is -5.24. The Morgan fingerprint density at radius 3 is 2.20 bits per heavy atom. The number of H-pyrrole nitrogens is 2. The van der Waals surface area contributed by atoms with E-state index in [1.54, 1.807) is 13.8 Å². The fourth-order valence-corrected chi connectivity index (χ4v) is 7.96. The van der Waals surface area contributed by atoms with Crippen LogP contribution >= 0.6 is 11.3 Å². The number of likely N-dealkylation sites (tertiary alicyclic amines) is 2. The van der Waals surface area contributed by atoms with E-state index in [2.05, 4.69) is 25.6 Å². The zero-order valence-corrected chi connectivity index (χ0v) is 31.8. The summed E-state index contributed by atoms with van der Waals surface area (Å²) in [5, 5.41) is 6.91. The monoisotopic (exact) mass is 758 g/mol. The van der Waals surface area contributed by atoms with Gasteiger partial charge in [0.15, 0.2) is 0 Å². The number of nitrogens with zero attached hydrogens (tertiary/aromatic N) is 4. The van der Waals surface area contributed by atoms with Crippen LogP contribution in [-0.2, 0) is 19.1 Å². The van der Waals surface area contributed by atoms with Crippen molar-refractivity contribution in [2.75, 3.05) is 20.2 Å². The van der Waals surface area contributed by atoms with Gasteiger partial charge in [-0.2, -0.15) is 0 Å². The quantitative estimate of drug-likeness (QED) is 0.123. The lowest BCUT2D eigenvalue weighted by Gasteiger charge is -2.30. The molecule has 14 heteroatoms. The Bertz CT molecular complexity index is 2500. The number of fused-ring (bicyclic) bond motifs is 3. The number of alkyl carbamates (subject to hydrolysis) is 1. The van der Waals surface area contributed by atoms with Crippen molar-refractivity contribution in [3.63, 3.8) is 0 Å². The molecule has 2 fully saturated rings. The zero-order valence-electron chi connectivity index (χ0n) is 37.0. The van der Waals surface area contributed by atoms with Gasteiger partial charge in [-0.1, -0.05) is 45.9 Å². The van der Waals surface area contributed by atoms with Gasteiger partial charge in [-0.15, -0.1) is 11.3 Å². The van der Waals surface area contributed by atoms with Gasteiger partial charge in [-0.05, 0) is 72.6 Å². The molecule has 0 spiro atoms. The first-order chi connectivity index (χ1) is 28.2. The van der Waals surface area contributed by atoms with Crippen LogP contribution in [0.4, 0.5) is 4.79 Å². The number of thiophene rings is 1. The SMILES string of the molecule is [2H]c1c(-c2ccc3c(ccc4nc([C@@H]5CC([2H])([2H])CN5C(=O)C(NC(=O)OC)C(C)C)[nH]c43)c2)sc(-c2cnc([C@@H]3CC([2H])([2H])CN3C(=O)C(NC(C)=O)C(C)C)[nH]2)c1[2H].